The molecule has 0 saturated carbocycles. The van der Waals surface area contributed by atoms with Crippen LogP contribution in [0.5, 0.6) is 5.88 Å². The van der Waals surface area contributed by atoms with Crippen LogP contribution in [0.15, 0.2) is 48.5 Å². The molecule has 14 heteroatoms. The van der Waals surface area contributed by atoms with Gasteiger partial charge in [-0.15, -0.1) is 0 Å². The maximum absolute atomic E-state index is 15.4. The summed E-state index contributed by atoms with van der Waals surface area (Å²) < 4.78 is 101. The van der Waals surface area contributed by atoms with Crippen LogP contribution in [0.2, 0.25) is 0 Å². The van der Waals surface area contributed by atoms with E-state index in [0.29, 0.717) is 6.07 Å². The van der Waals surface area contributed by atoms with E-state index in [1.54, 1.807) is 6.07 Å². The Morgan fingerprint density at radius 2 is 1.71 bits per heavy atom. The van der Waals surface area contributed by atoms with Gasteiger partial charge in [0.15, 0.2) is 23.3 Å². The number of pyridine rings is 1. The fourth-order valence-electron chi connectivity index (χ4n) is 4.61. The van der Waals surface area contributed by atoms with E-state index in [1.165, 1.54) is 23.8 Å². The lowest BCUT2D eigenvalue weighted by atomic mass is 10.0. The molecule has 1 N–H and O–H groups in total. The predicted molar refractivity (Wildman–Crippen MR) is 146 cm³/mol. The average Bonchev–Trinajstić information content (AvgIpc) is 3.37. The molecule has 3 aromatic carbocycles. The van der Waals surface area contributed by atoms with Gasteiger partial charge in [0, 0.05) is 36.8 Å². The number of fused-ring (bicyclic) bond motifs is 1. The largest absolute Gasteiger partial charge is 0.478 e. The second-order valence-electron chi connectivity index (χ2n) is 9.68. The summed E-state index contributed by atoms with van der Waals surface area (Å²) in [6.07, 6.45) is -0.656. The molecule has 0 saturated heterocycles. The molecular weight excluding hydrogens is 606 g/mol. The Kier molecular flexibility index (Phi) is 8.73. The molecule has 230 valence electrons. The van der Waals surface area contributed by atoms with Gasteiger partial charge in [-0.2, -0.15) is 5.26 Å². The van der Waals surface area contributed by atoms with Crippen LogP contribution in [0.3, 0.4) is 0 Å². The molecule has 0 aliphatic carbocycles. The van der Waals surface area contributed by atoms with Gasteiger partial charge in [-0.3, -0.25) is 0 Å². The molecule has 8 nitrogen and oxygen atoms in total. The number of hydrogen-bond acceptors (Lipinski definition) is 6. The van der Waals surface area contributed by atoms with Gasteiger partial charge in [0.1, 0.15) is 29.6 Å². The number of aromatic carboxylic acids is 1. The zero-order chi connectivity index (χ0) is 32.4. The Balaban J connectivity index is 1.49. The number of aromatic nitrogens is 3. The topological polar surface area (TPSA) is 110 Å². The van der Waals surface area contributed by atoms with E-state index in [0.717, 1.165) is 30.3 Å². The first-order valence-electron chi connectivity index (χ1n) is 13.1. The van der Waals surface area contributed by atoms with Gasteiger partial charge in [-0.1, -0.05) is 6.07 Å². The number of benzene rings is 3. The van der Waals surface area contributed by atoms with Crippen LogP contribution in [-0.4, -0.2) is 39.3 Å². The van der Waals surface area contributed by atoms with Gasteiger partial charge in [-0.05, 0) is 42.5 Å². The van der Waals surface area contributed by atoms with Crippen molar-refractivity contribution in [2.45, 2.75) is 19.6 Å². The van der Waals surface area contributed by atoms with E-state index >= 15 is 13.2 Å². The Hall–Kier alpha value is -5.42. The maximum Gasteiger partial charge on any atom is 0.335 e. The van der Waals surface area contributed by atoms with Crippen LogP contribution in [0.1, 0.15) is 32.9 Å². The van der Waals surface area contributed by atoms with E-state index in [9.17, 15) is 23.1 Å². The van der Waals surface area contributed by atoms with E-state index in [4.69, 9.17) is 14.7 Å². The molecule has 2 aromatic heterocycles. The molecule has 0 aliphatic rings. The summed E-state index contributed by atoms with van der Waals surface area (Å²) in [6.45, 7) is -0.467. The van der Waals surface area contributed by atoms with Crippen molar-refractivity contribution in [3.63, 3.8) is 0 Å². The summed E-state index contributed by atoms with van der Waals surface area (Å²) in [5.41, 5.74) is -2.43. The number of carbonyl (C=O) groups is 1. The number of carboxylic acid groups (broad SMARTS) is 1. The van der Waals surface area contributed by atoms with Crippen molar-refractivity contribution in [1.29, 1.82) is 5.26 Å². The molecular formula is C31H20F6N4O4. The lowest BCUT2D eigenvalue weighted by molar-refractivity contribution is 0.0696. The highest BCUT2D eigenvalue weighted by Crippen LogP contribution is 2.32. The van der Waals surface area contributed by atoms with Crippen molar-refractivity contribution in [2.75, 3.05) is 13.7 Å². The van der Waals surface area contributed by atoms with E-state index < -0.39 is 76.6 Å². The third-order valence-corrected chi connectivity index (χ3v) is 6.88. The molecule has 2 heterocycles. The third-order valence-electron chi connectivity index (χ3n) is 6.88. The van der Waals surface area contributed by atoms with Gasteiger partial charge in [0.2, 0.25) is 0 Å². The highest BCUT2D eigenvalue weighted by molar-refractivity contribution is 5.92. The molecule has 0 spiro atoms. The maximum atomic E-state index is 15.4. The standard InChI is InChI=1S/C31H20F6N4O4/c1-44-7-6-41-25-10-17(31(42)43)9-23(35)29(25)40-26(41)12-18-22(34)11-19(28(37)27(18)36)24-5-4-20(32)30(39-24)45-14-16-3-2-15(13-38)8-21(16)33/h2-5,8-11H,6-7,12,14H2,1H3,(H,42,43). The van der Waals surface area contributed by atoms with Crippen LogP contribution < -0.4 is 4.74 Å². The number of nitrogens with zero attached hydrogens (tertiary/aromatic N) is 4. The smallest absolute Gasteiger partial charge is 0.335 e. The summed E-state index contributed by atoms with van der Waals surface area (Å²) >= 11 is 0. The zero-order valence-corrected chi connectivity index (χ0v) is 23.2. The normalized spacial score (nSPS) is 11.2. The molecule has 5 aromatic rings. The second-order valence-corrected chi connectivity index (χ2v) is 9.68. The van der Waals surface area contributed by atoms with Gasteiger partial charge in [-0.25, -0.2) is 41.1 Å². The first-order chi connectivity index (χ1) is 21.5. The third kappa shape index (κ3) is 6.16. The van der Waals surface area contributed by atoms with Crippen molar-refractivity contribution in [2.24, 2.45) is 0 Å². The lowest BCUT2D eigenvalue weighted by Gasteiger charge is -2.13. The number of halogens is 6. The van der Waals surface area contributed by atoms with E-state index in [1.807, 2.05) is 0 Å². The number of methoxy groups -OCH3 is 1. The quantitative estimate of drug-likeness (QED) is 0.143. The van der Waals surface area contributed by atoms with Crippen LogP contribution in [0.4, 0.5) is 26.3 Å². The van der Waals surface area contributed by atoms with E-state index in [2.05, 4.69) is 9.97 Å². The summed E-state index contributed by atoms with van der Waals surface area (Å²) in [5.74, 6) is -9.37. The number of rotatable bonds is 10. The minimum atomic E-state index is -1.62. The molecule has 0 aliphatic heterocycles. The number of carboxylic acids is 1. The minimum Gasteiger partial charge on any atom is -0.478 e. The number of ether oxygens (including phenoxy) is 2. The molecule has 5 rings (SSSR count). The van der Waals surface area contributed by atoms with Crippen molar-refractivity contribution in [3.8, 4) is 23.2 Å². The lowest BCUT2D eigenvalue weighted by Crippen LogP contribution is -2.11. The molecule has 0 amide bonds. The summed E-state index contributed by atoms with van der Waals surface area (Å²) in [7, 11) is 1.38. The van der Waals surface area contributed by atoms with E-state index in [-0.39, 0.29) is 46.7 Å². The first kappa shape index (κ1) is 31.0. The molecule has 0 atom stereocenters. The van der Waals surface area contributed by atoms with Crippen molar-refractivity contribution in [3.05, 3.63) is 112 Å². The minimum absolute atomic E-state index is 0.00327. The van der Waals surface area contributed by atoms with Crippen LogP contribution in [-0.2, 0) is 24.3 Å². The fourth-order valence-corrected chi connectivity index (χ4v) is 4.61. The van der Waals surface area contributed by atoms with Gasteiger partial charge in [0.25, 0.3) is 5.88 Å². The number of imidazole rings is 1. The molecule has 0 radical (unpaired) electrons. The monoisotopic (exact) mass is 626 g/mol. The van der Waals surface area contributed by atoms with Gasteiger partial charge in [0.05, 0.1) is 35.0 Å². The Bertz CT molecular complexity index is 2010. The van der Waals surface area contributed by atoms with Crippen molar-refractivity contribution >= 4 is 17.0 Å². The number of nitriles is 1. The van der Waals surface area contributed by atoms with Crippen LogP contribution >= 0.6 is 0 Å². The summed E-state index contributed by atoms with van der Waals surface area (Å²) in [6, 6.07) is 9.64. The SMILES string of the molecule is COCCn1c(Cc2c(F)cc(-c3ccc(F)c(OCc4ccc(C#N)cc4F)n3)c(F)c2F)nc2c(F)cc(C(=O)O)cc21. The highest BCUT2D eigenvalue weighted by atomic mass is 19.2. The molecule has 45 heavy (non-hydrogen) atoms. The van der Waals surface area contributed by atoms with Gasteiger partial charge < -0.3 is 19.1 Å². The highest BCUT2D eigenvalue weighted by Gasteiger charge is 2.25. The Morgan fingerprint density at radius 3 is 2.40 bits per heavy atom. The first-order valence-corrected chi connectivity index (χ1v) is 13.1. The van der Waals surface area contributed by atoms with Crippen LogP contribution in [0.25, 0.3) is 22.3 Å². The van der Waals surface area contributed by atoms with Crippen molar-refractivity contribution < 1.29 is 45.7 Å². The predicted octanol–water partition coefficient (Wildman–Crippen LogP) is 6.32. The molecule has 0 fully saturated rings. The molecule has 0 unspecified atom stereocenters. The van der Waals surface area contributed by atoms with Gasteiger partial charge >= 0.3 is 5.97 Å². The Labute approximate surface area is 250 Å². The summed E-state index contributed by atoms with van der Waals surface area (Å²) in [4.78, 5) is 19.4. The average molecular weight is 627 g/mol. The summed E-state index contributed by atoms with van der Waals surface area (Å²) in [5, 5.41) is 18.2. The Morgan fingerprint density at radius 1 is 0.933 bits per heavy atom. The van der Waals surface area contributed by atoms with Crippen molar-refractivity contribution in [1.82, 2.24) is 14.5 Å². The zero-order valence-electron chi connectivity index (χ0n) is 23.2. The number of hydrogen-bond donors (Lipinski definition) is 1. The second kappa shape index (κ2) is 12.7. The molecule has 0 bridgehead atoms. The van der Waals surface area contributed by atoms with Crippen LogP contribution in [0, 0.1) is 46.2 Å². The fraction of sp³-hybridized carbons (Fsp3) is 0.161.